The second-order valence-electron chi connectivity index (χ2n) is 3.93. The van der Waals surface area contributed by atoms with Gasteiger partial charge in [0.05, 0.1) is 5.02 Å². The van der Waals surface area contributed by atoms with Crippen LogP contribution < -0.4 is 0 Å². The number of nitrogens with zero attached hydrogens (tertiary/aromatic N) is 1. The Kier molecular flexibility index (Phi) is 2.52. The number of hydrogen-bond acceptors (Lipinski definition) is 2. The zero-order chi connectivity index (χ0) is 11.1. The monoisotopic (exact) mass is 297 g/mol. The van der Waals surface area contributed by atoms with Crippen LogP contribution in [0.3, 0.4) is 0 Å². The molecule has 16 heavy (non-hydrogen) atoms. The summed E-state index contributed by atoms with van der Waals surface area (Å²) in [6.45, 7) is 0. The van der Waals surface area contributed by atoms with Crippen LogP contribution in [0.15, 0.2) is 33.4 Å². The van der Waals surface area contributed by atoms with Crippen LogP contribution in [0.1, 0.15) is 24.7 Å². The lowest BCUT2D eigenvalue weighted by atomic mass is 10.2. The molecule has 1 saturated carbocycles. The van der Waals surface area contributed by atoms with Crippen molar-refractivity contribution in [1.29, 1.82) is 0 Å². The van der Waals surface area contributed by atoms with Crippen molar-refractivity contribution in [2.24, 2.45) is 0 Å². The Bertz CT molecular complexity index is 534. The van der Waals surface area contributed by atoms with Gasteiger partial charge in [-0.15, -0.1) is 0 Å². The molecule has 1 fully saturated rings. The second-order valence-corrected chi connectivity index (χ2v) is 5.06. The van der Waals surface area contributed by atoms with Crippen molar-refractivity contribution in [3.05, 3.63) is 39.8 Å². The van der Waals surface area contributed by atoms with Gasteiger partial charge in [0.15, 0.2) is 10.6 Å². The Morgan fingerprint density at radius 1 is 1.31 bits per heavy atom. The molecule has 0 saturated heterocycles. The average molecular weight is 299 g/mol. The molecule has 0 unspecified atom stereocenters. The predicted octanol–water partition coefficient (Wildman–Crippen LogP) is 4.63. The molecule has 0 spiro atoms. The van der Waals surface area contributed by atoms with Crippen molar-refractivity contribution in [1.82, 2.24) is 4.98 Å². The fraction of sp³-hybridized carbons (Fsp3) is 0.250. The highest BCUT2D eigenvalue weighted by molar-refractivity contribution is 9.10. The molecule has 0 atom stereocenters. The third-order valence-corrected chi connectivity index (χ3v) is 3.52. The smallest absolute Gasteiger partial charge is 0.199 e. The van der Waals surface area contributed by atoms with Crippen LogP contribution in [0.2, 0.25) is 5.02 Å². The van der Waals surface area contributed by atoms with E-state index in [0.717, 1.165) is 17.1 Å². The summed E-state index contributed by atoms with van der Waals surface area (Å²) in [4.78, 5) is 4.50. The van der Waals surface area contributed by atoms with E-state index in [4.69, 9.17) is 16.0 Å². The van der Waals surface area contributed by atoms with Crippen molar-refractivity contribution in [3.8, 4) is 11.3 Å². The number of rotatable bonds is 2. The van der Waals surface area contributed by atoms with Gasteiger partial charge in [-0.3, -0.25) is 0 Å². The molecule has 2 nitrogen and oxygen atoms in total. The Morgan fingerprint density at radius 3 is 2.75 bits per heavy atom. The lowest BCUT2D eigenvalue weighted by Gasteiger charge is -1.98. The number of oxazole rings is 1. The SMILES string of the molecule is Clc1ccccc1-c1nc(C2CC2)oc1Br. The molecule has 1 heterocycles. The first-order chi connectivity index (χ1) is 7.75. The van der Waals surface area contributed by atoms with Crippen molar-refractivity contribution in [3.63, 3.8) is 0 Å². The van der Waals surface area contributed by atoms with E-state index in [1.807, 2.05) is 24.3 Å². The van der Waals surface area contributed by atoms with Crippen molar-refractivity contribution in [2.75, 3.05) is 0 Å². The van der Waals surface area contributed by atoms with Gasteiger partial charge < -0.3 is 4.42 Å². The summed E-state index contributed by atoms with van der Waals surface area (Å²) in [7, 11) is 0. The van der Waals surface area contributed by atoms with E-state index in [1.54, 1.807) is 0 Å². The van der Waals surface area contributed by atoms with Crippen LogP contribution in [0, 0.1) is 0 Å². The molecule has 1 aliphatic carbocycles. The molecular formula is C12H9BrClNO. The molecule has 0 aliphatic heterocycles. The molecule has 0 radical (unpaired) electrons. The Hall–Kier alpha value is -0.800. The number of halogens is 2. The van der Waals surface area contributed by atoms with Gasteiger partial charge in [-0.2, -0.15) is 0 Å². The van der Waals surface area contributed by atoms with Crippen molar-refractivity contribution < 1.29 is 4.42 Å². The number of benzene rings is 1. The fourth-order valence-electron chi connectivity index (χ4n) is 1.64. The third-order valence-electron chi connectivity index (χ3n) is 2.66. The molecule has 1 aliphatic rings. The summed E-state index contributed by atoms with van der Waals surface area (Å²) < 4.78 is 6.26. The number of aromatic nitrogens is 1. The normalized spacial score (nSPS) is 15.4. The van der Waals surface area contributed by atoms with E-state index in [9.17, 15) is 0 Å². The van der Waals surface area contributed by atoms with Crippen LogP contribution >= 0.6 is 27.5 Å². The summed E-state index contributed by atoms with van der Waals surface area (Å²) in [6, 6.07) is 7.65. The molecule has 0 bridgehead atoms. The highest BCUT2D eigenvalue weighted by Gasteiger charge is 2.30. The molecule has 0 N–H and O–H groups in total. The molecule has 1 aromatic heterocycles. The zero-order valence-corrected chi connectivity index (χ0v) is 10.8. The third kappa shape index (κ3) is 1.78. The minimum absolute atomic E-state index is 0.507. The Balaban J connectivity index is 2.08. The quantitative estimate of drug-likeness (QED) is 0.807. The summed E-state index contributed by atoms with van der Waals surface area (Å²) in [6.07, 6.45) is 2.35. The first-order valence-electron chi connectivity index (χ1n) is 5.17. The van der Waals surface area contributed by atoms with E-state index in [-0.39, 0.29) is 0 Å². The van der Waals surface area contributed by atoms with E-state index in [0.29, 0.717) is 15.6 Å². The van der Waals surface area contributed by atoms with Crippen LogP contribution in [0.4, 0.5) is 0 Å². The van der Waals surface area contributed by atoms with E-state index < -0.39 is 0 Å². The highest BCUT2D eigenvalue weighted by atomic mass is 79.9. The van der Waals surface area contributed by atoms with Gasteiger partial charge in [0.1, 0.15) is 5.69 Å². The molecule has 3 rings (SSSR count). The molecule has 2 aromatic rings. The standard InChI is InChI=1S/C12H9BrClNO/c13-11-10(8-3-1-2-4-9(8)14)15-12(16-11)7-5-6-7/h1-4,7H,5-6H2. The van der Waals surface area contributed by atoms with Gasteiger partial charge in [0, 0.05) is 11.5 Å². The first kappa shape index (κ1) is 10.4. The van der Waals surface area contributed by atoms with Gasteiger partial charge in [-0.05, 0) is 34.8 Å². The van der Waals surface area contributed by atoms with Crippen LogP contribution in [0.5, 0.6) is 0 Å². The maximum Gasteiger partial charge on any atom is 0.199 e. The summed E-state index contributed by atoms with van der Waals surface area (Å²) in [5, 5.41) is 0.693. The molecular weight excluding hydrogens is 289 g/mol. The van der Waals surface area contributed by atoms with Crippen molar-refractivity contribution in [2.45, 2.75) is 18.8 Å². The average Bonchev–Trinajstić information content (AvgIpc) is 3.04. The number of hydrogen-bond donors (Lipinski definition) is 0. The maximum atomic E-state index is 6.13. The maximum absolute atomic E-state index is 6.13. The van der Waals surface area contributed by atoms with Gasteiger partial charge in [0.25, 0.3) is 0 Å². The lowest BCUT2D eigenvalue weighted by molar-refractivity contribution is 0.478. The Morgan fingerprint density at radius 2 is 2.06 bits per heavy atom. The van der Waals surface area contributed by atoms with Crippen molar-refractivity contribution >= 4 is 27.5 Å². The lowest BCUT2D eigenvalue weighted by Crippen LogP contribution is -1.82. The van der Waals surface area contributed by atoms with Crippen LogP contribution in [-0.4, -0.2) is 4.98 Å². The van der Waals surface area contributed by atoms with Gasteiger partial charge in [-0.25, -0.2) is 4.98 Å². The van der Waals surface area contributed by atoms with E-state index >= 15 is 0 Å². The minimum Gasteiger partial charge on any atom is -0.433 e. The van der Waals surface area contributed by atoms with Crippen LogP contribution in [0.25, 0.3) is 11.3 Å². The highest BCUT2D eigenvalue weighted by Crippen LogP contribution is 2.43. The predicted molar refractivity (Wildman–Crippen MR) is 66.6 cm³/mol. The van der Waals surface area contributed by atoms with Gasteiger partial charge in [-0.1, -0.05) is 29.8 Å². The zero-order valence-electron chi connectivity index (χ0n) is 8.41. The van der Waals surface area contributed by atoms with E-state index in [2.05, 4.69) is 20.9 Å². The fourth-order valence-corrected chi connectivity index (χ4v) is 2.33. The second kappa shape index (κ2) is 3.90. The molecule has 82 valence electrons. The largest absolute Gasteiger partial charge is 0.433 e. The first-order valence-corrected chi connectivity index (χ1v) is 6.34. The van der Waals surface area contributed by atoms with Gasteiger partial charge >= 0.3 is 0 Å². The van der Waals surface area contributed by atoms with E-state index in [1.165, 1.54) is 12.8 Å². The summed E-state index contributed by atoms with van der Waals surface area (Å²) in [5.41, 5.74) is 1.71. The van der Waals surface area contributed by atoms with Gasteiger partial charge in [0.2, 0.25) is 0 Å². The Labute approximate surface area is 107 Å². The molecule has 4 heteroatoms. The minimum atomic E-state index is 0.507. The topological polar surface area (TPSA) is 26.0 Å². The summed E-state index contributed by atoms with van der Waals surface area (Å²) >= 11 is 9.53. The van der Waals surface area contributed by atoms with Crippen LogP contribution in [-0.2, 0) is 0 Å². The summed E-state index contributed by atoms with van der Waals surface area (Å²) in [5.74, 6) is 1.33. The molecule has 1 aromatic carbocycles. The molecule has 0 amide bonds.